The monoisotopic (exact) mass is 374 g/mol. The van der Waals surface area contributed by atoms with Gasteiger partial charge in [0.15, 0.2) is 5.96 Å². The standard InChI is InChI=1S/C19H26N4O2S/c1-4-20-19(21-13-16-11-9-15(2)10-12-16)22-14-17-7-5-6-8-18(17)23-26(3,24)25/h5-12,23H,4,13-14H2,1-3H3,(H2,20,21,22). The van der Waals surface area contributed by atoms with Gasteiger partial charge in [-0.2, -0.15) is 0 Å². The molecule has 0 aliphatic heterocycles. The molecule has 0 bridgehead atoms. The van der Waals surface area contributed by atoms with Crippen molar-refractivity contribution in [2.24, 2.45) is 4.99 Å². The molecule has 2 rings (SSSR count). The minimum absolute atomic E-state index is 0.457. The molecule has 0 amide bonds. The van der Waals surface area contributed by atoms with Gasteiger partial charge in [0.25, 0.3) is 0 Å². The van der Waals surface area contributed by atoms with Crippen LogP contribution < -0.4 is 15.4 Å². The van der Waals surface area contributed by atoms with Gasteiger partial charge in [-0.1, -0.05) is 48.0 Å². The first-order chi connectivity index (χ1) is 12.4. The number of sulfonamides is 1. The average Bonchev–Trinajstić information content (AvgIpc) is 2.58. The van der Waals surface area contributed by atoms with Crippen molar-refractivity contribution in [2.75, 3.05) is 17.5 Å². The lowest BCUT2D eigenvalue weighted by Gasteiger charge is -2.14. The van der Waals surface area contributed by atoms with Crippen molar-refractivity contribution in [1.82, 2.24) is 10.6 Å². The molecule has 7 heteroatoms. The van der Waals surface area contributed by atoms with Gasteiger partial charge in [-0.3, -0.25) is 4.72 Å². The highest BCUT2D eigenvalue weighted by Gasteiger charge is 2.07. The topological polar surface area (TPSA) is 82.6 Å². The third kappa shape index (κ3) is 6.76. The van der Waals surface area contributed by atoms with E-state index in [1.54, 1.807) is 12.1 Å². The number of guanidine groups is 1. The lowest BCUT2D eigenvalue weighted by atomic mass is 10.1. The van der Waals surface area contributed by atoms with Crippen LogP contribution in [0.5, 0.6) is 0 Å². The predicted molar refractivity (Wildman–Crippen MR) is 108 cm³/mol. The smallest absolute Gasteiger partial charge is 0.229 e. The molecule has 6 nitrogen and oxygen atoms in total. The lowest BCUT2D eigenvalue weighted by molar-refractivity contribution is 0.606. The summed E-state index contributed by atoms with van der Waals surface area (Å²) in [5.74, 6) is 0.683. The quantitative estimate of drug-likeness (QED) is 0.514. The molecule has 0 aliphatic carbocycles. The van der Waals surface area contributed by atoms with Gasteiger partial charge in [-0.05, 0) is 31.0 Å². The molecule has 0 saturated heterocycles. The van der Waals surface area contributed by atoms with Gasteiger partial charge in [0.1, 0.15) is 0 Å². The Labute approximate surface area is 155 Å². The van der Waals surface area contributed by atoms with Crippen LogP contribution in [0.25, 0.3) is 0 Å². The summed E-state index contributed by atoms with van der Waals surface area (Å²) in [5.41, 5.74) is 3.76. The van der Waals surface area contributed by atoms with Crippen molar-refractivity contribution >= 4 is 21.7 Å². The fraction of sp³-hybridized carbons (Fsp3) is 0.316. The highest BCUT2D eigenvalue weighted by Crippen LogP contribution is 2.15. The third-order valence-corrected chi connectivity index (χ3v) is 4.23. The first-order valence-corrected chi connectivity index (χ1v) is 10.4. The molecule has 0 aliphatic rings. The van der Waals surface area contributed by atoms with E-state index < -0.39 is 10.0 Å². The fourth-order valence-corrected chi connectivity index (χ4v) is 2.96. The van der Waals surface area contributed by atoms with E-state index in [4.69, 9.17) is 0 Å². The number of anilines is 1. The minimum Gasteiger partial charge on any atom is -0.357 e. The summed E-state index contributed by atoms with van der Waals surface area (Å²) in [6.07, 6.45) is 1.14. The van der Waals surface area contributed by atoms with Crippen LogP contribution in [0, 0.1) is 6.92 Å². The normalized spacial score (nSPS) is 11.9. The molecule has 2 aromatic rings. The maximum atomic E-state index is 11.5. The second-order valence-electron chi connectivity index (χ2n) is 6.07. The molecule has 0 fully saturated rings. The average molecular weight is 375 g/mol. The van der Waals surface area contributed by atoms with Crippen LogP contribution in [-0.2, 0) is 23.1 Å². The molecule has 0 heterocycles. The molecule has 2 aromatic carbocycles. The maximum Gasteiger partial charge on any atom is 0.229 e. The summed E-state index contributed by atoms with van der Waals surface area (Å²) < 4.78 is 25.6. The van der Waals surface area contributed by atoms with E-state index >= 15 is 0 Å². The molecule has 140 valence electrons. The van der Waals surface area contributed by atoms with Gasteiger partial charge >= 0.3 is 0 Å². The van der Waals surface area contributed by atoms with Crippen molar-refractivity contribution in [1.29, 1.82) is 0 Å². The van der Waals surface area contributed by atoms with Gasteiger partial charge < -0.3 is 10.6 Å². The van der Waals surface area contributed by atoms with Crippen molar-refractivity contribution in [3.05, 3.63) is 65.2 Å². The summed E-state index contributed by atoms with van der Waals surface area (Å²) in [6.45, 7) is 5.82. The number of nitrogens with one attached hydrogen (secondary N) is 3. The number of benzene rings is 2. The number of nitrogens with zero attached hydrogens (tertiary/aromatic N) is 1. The second kappa shape index (κ2) is 9.24. The van der Waals surface area contributed by atoms with Crippen LogP contribution in [0.15, 0.2) is 53.5 Å². The summed E-state index contributed by atoms with van der Waals surface area (Å²) >= 11 is 0. The SMILES string of the molecule is CCNC(=NCc1ccc(C)cc1)NCc1ccccc1NS(C)(=O)=O. The third-order valence-electron chi connectivity index (χ3n) is 3.64. The highest BCUT2D eigenvalue weighted by molar-refractivity contribution is 7.92. The van der Waals surface area contributed by atoms with Gasteiger partial charge in [0.05, 0.1) is 18.5 Å². The van der Waals surface area contributed by atoms with E-state index in [0.717, 1.165) is 23.9 Å². The second-order valence-corrected chi connectivity index (χ2v) is 7.81. The Balaban J connectivity index is 2.06. The zero-order valence-corrected chi connectivity index (χ0v) is 16.2. The maximum absolute atomic E-state index is 11.5. The molecular weight excluding hydrogens is 348 g/mol. The summed E-state index contributed by atoms with van der Waals surface area (Å²) in [7, 11) is -3.32. The number of rotatable bonds is 7. The van der Waals surface area contributed by atoms with Gasteiger partial charge in [0.2, 0.25) is 10.0 Å². The Bertz CT molecular complexity index is 846. The Kier molecular flexibility index (Phi) is 7.03. The van der Waals surface area contributed by atoms with E-state index in [2.05, 4.69) is 51.5 Å². The number of aliphatic imine (C=N–C) groups is 1. The zero-order valence-electron chi connectivity index (χ0n) is 15.4. The first-order valence-electron chi connectivity index (χ1n) is 8.51. The molecule has 3 N–H and O–H groups in total. The van der Waals surface area contributed by atoms with Gasteiger partial charge in [-0.15, -0.1) is 0 Å². The van der Waals surface area contributed by atoms with Crippen molar-refractivity contribution in [3.63, 3.8) is 0 Å². The van der Waals surface area contributed by atoms with Crippen LogP contribution in [0.4, 0.5) is 5.69 Å². The van der Waals surface area contributed by atoms with E-state index in [9.17, 15) is 8.42 Å². The van der Waals surface area contributed by atoms with Crippen molar-refractivity contribution in [2.45, 2.75) is 26.9 Å². The van der Waals surface area contributed by atoms with E-state index in [1.165, 1.54) is 5.56 Å². The predicted octanol–water partition coefficient (Wildman–Crippen LogP) is 2.62. The van der Waals surface area contributed by atoms with E-state index in [-0.39, 0.29) is 0 Å². The number of aryl methyl sites for hydroxylation is 1. The number of hydrogen-bond acceptors (Lipinski definition) is 3. The lowest BCUT2D eigenvalue weighted by Crippen LogP contribution is -2.37. The molecule has 26 heavy (non-hydrogen) atoms. The van der Waals surface area contributed by atoms with E-state index in [1.807, 2.05) is 19.1 Å². The largest absolute Gasteiger partial charge is 0.357 e. The van der Waals surface area contributed by atoms with Crippen LogP contribution in [0.3, 0.4) is 0 Å². The van der Waals surface area contributed by atoms with Crippen LogP contribution in [0.2, 0.25) is 0 Å². The molecule has 0 radical (unpaired) electrons. The molecular formula is C19H26N4O2S. The molecule has 0 aromatic heterocycles. The summed E-state index contributed by atoms with van der Waals surface area (Å²) in [6, 6.07) is 15.6. The van der Waals surface area contributed by atoms with Crippen molar-refractivity contribution < 1.29 is 8.42 Å². The summed E-state index contributed by atoms with van der Waals surface area (Å²) in [5, 5.41) is 6.45. The van der Waals surface area contributed by atoms with Crippen LogP contribution in [0.1, 0.15) is 23.6 Å². The zero-order chi connectivity index (χ0) is 19.0. The number of hydrogen-bond donors (Lipinski definition) is 3. The molecule has 0 spiro atoms. The molecule has 0 unspecified atom stereocenters. The molecule has 0 atom stereocenters. The van der Waals surface area contributed by atoms with Crippen LogP contribution in [-0.4, -0.2) is 27.2 Å². The Hall–Kier alpha value is -2.54. The first kappa shape index (κ1) is 19.8. The minimum atomic E-state index is -3.32. The summed E-state index contributed by atoms with van der Waals surface area (Å²) in [4.78, 5) is 4.59. The van der Waals surface area contributed by atoms with Gasteiger partial charge in [-0.25, -0.2) is 13.4 Å². The highest BCUT2D eigenvalue weighted by atomic mass is 32.2. The van der Waals surface area contributed by atoms with Gasteiger partial charge in [0, 0.05) is 13.1 Å². The fourth-order valence-electron chi connectivity index (χ4n) is 2.36. The Morgan fingerprint density at radius 1 is 1.04 bits per heavy atom. The molecule has 0 saturated carbocycles. The Morgan fingerprint density at radius 2 is 1.73 bits per heavy atom. The number of para-hydroxylation sites is 1. The Morgan fingerprint density at radius 3 is 2.38 bits per heavy atom. The van der Waals surface area contributed by atoms with Crippen molar-refractivity contribution in [3.8, 4) is 0 Å². The van der Waals surface area contributed by atoms with E-state index in [0.29, 0.717) is 24.7 Å². The van der Waals surface area contributed by atoms with Crippen LogP contribution >= 0.6 is 0 Å².